The van der Waals surface area contributed by atoms with Crippen molar-refractivity contribution >= 4 is 11.3 Å². The third-order valence-electron chi connectivity index (χ3n) is 3.14. The van der Waals surface area contributed by atoms with Crippen molar-refractivity contribution in [3.8, 4) is 11.3 Å². The number of benzene rings is 1. The molecule has 19 heavy (non-hydrogen) atoms. The number of hydrogen-bond donors (Lipinski definition) is 1. The van der Waals surface area contributed by atoms with E-state index in [4.69, 9.17) is 4.74 Å². The van der Waals surface area contributed by atoms with E-state index in [0.717, 1.165) is 22.7 Å². The minimum absolute atomic E-state index is 0.121. The van der Waals surface area contributed by atoms with Gasteiger partial charge in [-0.3, -0.25) is 0 Å². The Morgan fingerprint density at radius 2 is 2.05 bits per heavy atom. The summed E-state index contributed by atoms with van der Waals surface area (Å²) in [6, 6.07) is 10.1. The van der Waals surface area contributed by atoms with E-state index in [1.165, 1.54) is 0 Å². The van der Waals surface area contributed by atoms with Crippen molar-refractivity contribution in [2.24, 2.45) is 0 Å². The second-order valence-corrected chi connectivity index (χ2v) is 5.39. The summed E-state index contributed by atoms with van der Waals surface area (Å²) >= 11 is 1.58. The van der Waals surface area contributed by atoms with Crippen molar-refractivity contribution in [3.63, 3.8) is 0 Å². The zero-order valence-corrected chi connectivity index (χ0v) is 12.1. The maximum absolute atomic E-state index is 10.1. The van der Waals surface area contributed by atoms with E-state index in [1.807, 2.05) is 42.6 Å². The van der Waals surface area contributed by atoms with Gasteiger partial charge in [-0.25, -0.2) is 4.98 Å². The molecule has 0 aliphatic heterocycles. The highest BCUT2D eigenvalue weighted by Gasteiger charge is 2.18. The third-order valence-corrected chi connectivity index (χ3v) is 4.01. The molecule has 0 fully saturated rings. The first-order chi connectivity index (χ1) is 9.24. The van der Waals surface area contributed by atoms with Gasteiger partial charge in [0.15, 0.2) is 0 Å². The second-order valence-electron chi connectivity index (χ2n) is 4.45. The van der Waals surface area contributed by atoms with Crippen LogP contribution in [0.1, 0.15) is 18.4 Å². The SMILES string of the molecule is CCC(OC)C(O)Cc1nc(-c2ccccc2)cs1. The molecule has 1 heterocycles. The minimum atomic E-state index is -0.496. The summed E-state index contributed by atoms with van der Waals surface area (Å²) in [6.07, 6.45) is 0.729. The molecule has 2 aromatic rings. The van der Waals surface area contributed by atoms with Crippen LogP contribution in [0, 0.1) is 0 Å². The molecule has 4 heteroatoms. The van der Waals surface area contributed by atoms with Crippen LogP contribution < -0.4 is 0 Å². The predicted octanol–water partition coefficient (Wildman–Crippen LogP) is 3.14. The summed E-state index contributed by atoms with van der Waals surface area (Å²) in [4.78, 5) is 4.57. The van der Waals surface area contributed by atoms with E-state index in [2.05, 4.69) is 4.98 Å². The van der Waals surface area contributed by atoms with Gasteiger partial charge in [-0.2, -0.15) is 0 Å². The highest BCUT2D eigenvalue weighted by molar-refractivity contribution is 7.09. The highest BCUT2D eigenvalue weighted by atomic mass is 32.1. The fourth-order valence-electron chi connectivity index (χ4n) is 2.05. The lowest BCUT2D eigenvalue weighted by Crippen LogP contribution is -2.29. The molecule has 2 atom stereocenters. The summed E-state index contributed by atoms with van der Waals surface area (Å²) in [5.41, 5.74) is 2.08. The molecule has 1 aromatic heterocycles. The lowest BCUT2D eigenvalue weighted by atomic mass is 10.1. The number of hydrogen-bond acceptors (Lipinski definition) is 4. The van der Waals surface area contributed by atoms with Crippen LogP contribution in [0.5, 0.6) is 0 Å². The van der Waals surface area contributed by atoms with Gasteiger partial charge in [0.2, 0.25) is 0 Å². The fraction of sp³-hybridized carbons (Fsp3) is 0.400. The van der Waals surface area contributed by atoms with E-state index < -0.39 is 6.10 Å². The average molecular weight is 277 g/mol. The largest absolute Gasteiger partial charge is 0.390 e. The van der Waals surface area contributed by atoms with Gasteiger partial charge >= 0.3 is 0 Å². The van der Waals surface area contributed by atoms with Crippen molar-refractivity contribution in [3.05, 3.63) is 40.7 Å². The standard InChI is InChI=1S/C15H19NO2S/c1-3-14(18-2)13(17)9-15-16-12(10-19-15)11-7-5-4-6-8-11/h4-8,10,13-14,17H,3,9H2,1-2H3. The molecule has 1 aromatic carbocycles. The van der Waals surface area contributed by atoms with Gasteiger partial charge in [-0.15, -0.1) is 11.3 Å². The summed E-state index contributed by atoms with van der Waals surface area (Å²) in [5, 5.41) is 13.1. The number of aliphatic hydroxyl groups is 1. The van der Waals surface area contributed by atoms with Crippen LogP contribution in [0.4, 0.5) is 0 Å². The molecular weight excluding hydrogens is 258 g/mol. The minimum Gasteiger partial charge on any atom is -0.390 e. The Hall–Kier alpha value is -1.23. The Morgan fingerprint density at radius 3 is 2.68 bits per heavy atom. The van der Waals surface area contributed by atoms with E-state index >= 15 is 0 Å². The maximum atomic E-state index is 10.1. The van der Waals surface area contributed by atoms with Crippen molar-refractivity contribution < 1.29 is 9.84 Å². The number of nitrogens with zero attached hydrogens (tertiary/aromatic N) is 1. The molecule has 3 nitrogen and oxygen atoms in total. The van der Waals surface area contributed by atoms with Gasteiger partial charge in [-0.05, 0) is 6.42 Å². The van der Waals surface area contributed by atoms with Crippen molar-refractivity contribution in [1.82, 2.24) is 4.98 Å². The number of aromatic nitrogens is 1. The topological polar surface area (TPSA) is 42.4 Å². The molecule has 0 saturated carbocycles. The van der Waals surface area contributed by atoms with Crippen molar-refractivity contribution in [2.75, 3.05) is 7.11 Å². The molecule has 102 valence electrons. The number of ether oxygens (including phenoxy) is 1. The fourth-order valence-corrected chi connectivity index (χ4v) is 2.91. The first-order valence-corrected chi connectivity index (χ1v) is 7.33. The smallest absolute Gasteiger partial charge is 0.0959 e. The summed E-state index contributed by atoms with van der Waals surface area (Å²) in [5.74, 6) is 0. The Morgan fingerprint density at radius 1 is 1.32 bits per heavy atom. The summed E-state index contributed by atoms with van der Waals surface area (Å²) < 4.78 is 5.25. The predicted molar refractivity (Wildman–Crippen MR) is 78.3 cm³/mol. The third kappa shape index (κ3) is 3.62. The number of methoxy groups -OCH3 is 1. The van der Waals surface area contributed by atoms with Crippen LogP contribution in [-0.4, -0.2) is 29.4 Å². The van der Waals surface area contributed by atoms with Crippen LogP contribution >= 0.6 is 11.3 Å². The zero-order valence-electron chi connectivity index (χ0n) is 11.2. The Bertz CT molecular complexity index is 494. The first-order valence-electron chi connectivity index (χ1n) is 6.45. The molecule has 0 saturated heterocycles. The van der Waals surface area contributed by atoms with Crippen LogP contribution in [0.3, 0.4) is 0 Å². The van der Waals surface area contributed by atoms with E-state index in [9.17, 15) is 5.11 Å². The molecule has 0 aliphatic carbocycles. The van der Waals surface area contributed by atoms with Crippen molar-refractivity contribution in [1.29, 1.82) is 0 Å². The van der Waals surface area contributed by atoms with E-state index in [1.54, 1.807) is 18.4 Å². The number of rotatable bonds is 6. The van der Waals surface area contributed by atoms with Gasteiger partial charge in [0.25, 0.3) is 0 Å². The molecule has 0 amide bonds. The molecule has 0 spiro atoms. The summed E-state index contributed by atoms with van der Waals surface area (Å²) in [7, 11) is 1.63. The van der Waals surface area contributed by atoms with E-state index in [-0.39, 0.29) is 6.10 Å². The van der Waals surface area contributed by atoms with Gasteiger partial charge in [0.05, 0.1) is 22.9 Å². The number of thiazole rings is 1. The lowest BCUT2D eigenvalue weighted by Gasteiger charge is -2.18. The Balaban J connectivity index is 2.06. The monoisotopic (exact) mass is 277 g/mol. The molecule has 1 N–H and O–H groups in total. The second kappa shape index (κ2) is 6.80. The maximum Gasteiger partial charge on any atom is 0.0959 e. The van der Waals surface area contributed by atoms with Gasteiger partial charge < -0.3 is 9.84 Å². The average Bonchev–Trinajstić information content (AvgIpc) is 2.89. The van der Waals surface area contributed by atoms with Gasteiger partial charge in [0.1, 0.15) is 0 Å². The Labute approximate surface area is 117 Å². The lowest BCUT2D eigenvalue weighted by molar-refractivity contribution is -0.0128. The quantitative estimate of drug-likeness (QED) is 0.882. The van der Waals surface area contributed by atoms with Crippen molar-refractivity contribution in [2.45, 2.75) is 32.0 Å². The summed E-state index contributed by atoms with van der Waals surface area (Å²) in [6.45, 7) is 2.01. The van der Waals surface area contributed by atoms with Gasteiger partial charge in [-0.1, -0.05) is 37.3 Å². The van der Waals surface area contributed by atoms with Crippen LogP contribution in [0.25, 0.3) is 11.3 Å². The number of aliphatic hydroxyl groups excluding tert-OH is 1. The molecular formula is C15H19NO2S. The van der Waals surface area contributed by atoms with Crippen LogP contribution in [-0.2, 0) is 11.2 Å². The molecule has 0 radical (unpaired) electrons. The van der Waals surface area contributed by atoms with E-state index in [0.29, 0.717) is 6.42 Å². The highest BCUT2D eigenvalue weighted by Crippen LogP contribution is 2.23. The Kier molecular flexibility index (Phi) is 5.07. The normalized spacial score (nSPS) is 14.3. The van der Waals surface area contributed by atoms with Crippen LogP contribution in [0.15, 0.2) is 35.7 Å². The van der Waals surface area contributed by atoms with Gasteiger partial charge in [0, 0.05) is 24.5 Å². The zero-order chi connectivity index (χ0) is 13.7. The molecule has 0 bridgehead atoms. The molecule has 2 unspecified atom stereocenters. The molecule has 2 rings (SSSR count). The van der Waals surface area contributed by atoms with Crippen LogP contribution in [0.2, 0.25) is 0 Å². The first kappa shape index (κ1) is 14.2. The molecule has 0 aliphatic rings.